The van der Waals surface area contributed by atoms with Crippen LogP contribution in [0.2, 0.25) is 10.0 Å². The third-order valence-corrected chi connectivity index (χ3v) is 7.29. The van der Waals surface area contributed by atoms with Gasteiger partial charge in [0.25, 0.3) is 0 Å². The van der Waals surface area contributed by atoms with E-state index in [2.05, 4.69) is 28.5 Å². The summed E-state index contributed by atoms with van der Waals surface area (Å²) in [5, 5.41) is 8.01. The molecule has 1 heterocycles. The molecule has 0 bridgehead atoms. The topological polar surface area (TPSA) is 44.4 Å². The normalized spacial score (nSPS) is 27.4. The lowest BCUT2D eigenvalue weighted by molar-refractivity contribution is -0.123. The lowest BCUT2D eigenvalue weighted by Gasteiger charge is -2.42. The Morgan fingerprint density at radius 1 is 1.29 bits per heavy atom. The number of nitrogens with one attached hydrogen (secondary N) is 2. The van der Waals surface area contributed by atoms with Gasteiger partial charge in [-0.3, -0.25) is 9.69 Å². The van der Waals surface area contributed by atoms with E-state index in [4.69, 9.17) is 23.2 Å². The number of amides is 1. The molecule has 1 aromatic carbocycles. The largest absolute Gasteiger partial charge is 0.351 e. The summed E-state index contributed by atoms with van der Waals surface area (Å²) in [6.07, 6.45) is 6.01. The molecule has 1 aliphatic carbocycles. The highest BCUT2D eigenvalue weighted by Gasteiger charge is 2.35. The molecule has 0 radical (unpaired) electrons. The van der Waals surface area contributed by atoms with Gasteiger partial charge in [0.05, 0.1) is 10.0 Å². The monoisotopic (exact) mass is 425 g/mol. The van der Waals surface area contributed by atoms with Crippen LogP contribution in [0.4, 0.5) is 0 Å². The zero-order valence-corrected chi connectivity index (χ0v) is 18.6. The highest BCUT2D eigenvalue weighted by molar-refractivity contribution is 6.42. The second-order valence-electron chi connectivity index (χ2n) is 8.59. The average Bonchev–Trinajstić information content (AvgIpc) is 2.70. The molecule has 156 valence electrons. The Balaban J connectivity index is 1.70. The van der Waals surface area contributed by atoms with Crippen LogP contribution >= 0.6 is 23.2 Å². The van der Waals surface area contributed by atoms with Crippen LogP contribution < -0.4 is 10.6 Å². The third kappa shape index (κ3) is 5.41. The van der Waals surface area contributed by atoms with Gasteiger partial charge in [0, 0.05) is 44.2 Å². The molecule has 1 aromatic rings. The van der Waals surface area contributed by atoms with Crippen LogP contribution in [0, 0.1) is 5.92 Å². The van der Waals surface area contributed by atoms with Crippen molar-refractivity contribution in [2.75, 3.05) is 26.2 Å². The number of benzene rings is 1. The zero-order chi connectivity index (χ0) is 20.1. The molecule has 0 spiro atoms. The van der Waals surface area contributed by atoms with Crippen molar-refractivity contribution in [3.8, 4) is 0 Å². The van der Waals surface area contributed by atoms with Gasteiger partial charge in [0.1, 0.15) is 0 Å². The van der Waals surface area contributed by atoms with Crippen LogP contribution in [0.15, 0.2) is 18.2 Å². The van der Waals surface area contributed by atoms with Crippen molar-refractivity contribution in [2.24, 2.45) is 5.92 Å². The number of rotatable bonds is 6. The molecule has 1 saturated heterocycles. The van der Waals surface area contributed by atoms with Gasteiger partial charge < -0.3 is 10.6 Å². The second-order valence-corrected chi connectivity index (χ2v) is 9.37. The first-order chi connectivity index (χ1) is 13.4. The summed E-state index contributed by atoms with van der Waals surface area (Å²) < 4.78 is 0. The van der Waals surface area contributed by atoms with E-state index in [9.17, 15) is 4.79 Å². The maximum absolute atomic E-state index is 11.9. The summed E-state index contributed by atoms with van der Waals surface area (Å²) in [7, 11) is 0. The van der Waals surface area contributed by atoms with E-state index < -0.39 is 0 Å². The highest BCUT2D eigenvalue weighted by Crippen LogP contribution is 2.41. The van der Waals surface area contributed by atoms with E-state index >= 15 is 0 Å². The Kier molecular flexibility index (Phi) is 7.66. The smallest absolute Gasteiger partial charge is 0.220 e. The Hall–Kier alpha value is -0.810. The number of halogens is 2. The molecule has 1 aliphatic heterocycles. The minimum absolute atomic E-state index is 0.0537. The van der Waals surface area contributed by atoms with E-state index in [0.717, 1.165) is 63.8 Å². The molecule has 1 saturated carbocycles. The predicted molar refractivity (Wildman–Crippen MR) is 117 cm³/mol. The maximum atomic E-state index is 11.9. The van der Waals surface area contributed by atoms with Crippen LogP contribution in [0.3, 0.4) is 0 Å². The highest BCUT2D eigenvalue weighted by atomic mass is 35.5. The van der Waals surface area contributed by atoms with Crippen LogP contribution in [-0.2, 0) is 4.79 Å². The minimum atomic E-state index is -0.0537. The molecule has 1 atom stereocenters. The molecular weight excluding hydrogens is 393 g/mol. The van der Waals surface area contributed by atoms with Crippen molar-refractivity contribution in [3.05, 3.63) is 33.8 Å². The Labute approximate surface area is 179 Å². The summed E-state index contributed by atoms with van der Waals surface area (Å²) in [5.41, 5.74) is 1.10. The zero-order valence-electron chi connectivity index (χ0n) is 17.1. The molecule has 6 heteroatoms. The second kappa shape index (κ2) is 9.80. The molecule has 4 nitrogen and oxygen atoms in total. The first kappa shape index (κ1) is 21.9. The molecule has 2 aliphatic rings. The van der Waals surface area contributed by atoms with Gasteiger partial charge in [0.15, 0.2) is 0 Å². The summed E-state index contributed by atoms with van der Waals surface area (Å²) in [4.78, 5) is 14.4. The Morgan fingerprint density at radius 3 is 2.61 bits per heavy atom. The molecule has 0 aromatic heterocycles. The lowest BCUT2D eigenvalue weighted by Crippen LogP contribution is -2.49. The number of hydrogen-bond acceptors (Lipinski definition) is 3. The van der Waals surface area contributed by atoms with Crippen LogP contribution in [0.1, 0.15) is 64.0 Å². The maximum Gasteiger partial charge on any atom is 0.220 e. The first-order valence-corrected chi connectivity index (χ1v) is 11.4. The predicted octanol–water partition coefficient (Wildman–Crippen LogP) is 4.80. The molecule has 1 unspecified atom stereocenters. The van der Waals surface area contributed by atoms with E-state index in [-0.39, 0.29) is 11.4 Å². The number of nitrogens with zero attached hydrogens (tertiary/aromatic N) is 1. The lowest BCUT2D eigenvalue weighted by atomic mass is 9.74. The fraction of sp³-hybridized carbons (Fsp3) is 0.682. The Morgan fingerprint density at radius 2 is 1.96 bits per heavy atom. The Bertz CT molecular complexity index is 668. The van der Waals surface area contributed by atoms with Gasteiger partial charge in [-0.2, -0.15) is 0 Å². The summed E-state index contributed by atoms with van der Waals surface area (Å²) in [5.74, 6) is 0.798. The van der Waals surface area contributed by atoms with E-state index in [1.807, 2.05) is 19.1 Å². The fourth-order valence-corrected chi connectivity index (χ4v) is 5.09. The van der Waals surface area contributed by atoms with Crippen molar-refractivity contribution >= 4 is 29.1 Å². The third-order valence-electron chi connectivity index (χ3n) is 6.46. The number of hydrogen-bond donors (Lipinski definition) is 2. The molecular formula is C22H33Cl2N3O. The van der Waals surface area contributed by atoms with Gasteiger partial charge in [-0.15, -0.1) is 0 Å². The van der Waals surface area contributed by atoms with E-state index in [1.165, 1.54) is 0 Å². The van der Waals surface area contributed by atoms with Crippen molar-refractivity contribution in [3.63, 3.8) is 0 Å². The van der Waals surface area contributed by atoms with Crippen LogP contribution in [-0.4, -0.2) is 42.5 Å². The quantitative estimate of drug-likeness (QED) is 0.687. The molecule has 3 rings (SSSR count). The summed E-state index contributed by atoms with van der Waals surface area (Å²) in [6.45, 7) is 8.20. The number of carbonyl (C=O) groups is 1. The van der Waals surface area contributed by atoms with Crippen molar-refractivity contribution < 1.29 is 4.79 Å². The summed E-state index contributed by atoms with van der Waals surface area (Å²) >= 11 is 13.0. The van der Waals surface area contributed by atoms with E-state index in [1.54, 1.807) is 0 Å². The molecule has 1 amide bonds. The summed E-state index contributed by atoms with van der Waals surface area (Å²) in [6, 6.07) is 6.31. The van der Waals surface area contributed by atoms with Gasteiger partial charge in [-0.05, 0) is 56.6 Å². The van der Waals surface area contributed by atoms with Gasteiger partial charge >= 0.3 is 0 Å². The van der Waals surface area contributed by atoms with Gasteiger partial charge in [-0.1, -0.05) is 42.3 Å². The number of piperazine rings is 1. The van der Waals surface area contributed by atoms with Crippen molar-refractivity contribution in [1.82, 2.24) is 15.5 Å². The SMILES string of the molecule is CCC(=O)NC1(C)CCC(CC(c2cccc(Cl)c2Cl)N2CCNCC2)CC1. The molecule has 28 heavy (non-hydrogen) atoms. The first-order valence-electron chi connectivity index (χ1n) is 10.6. The van der Waals surface area contributed by atoms with Crippen molar-refractivity contribution in [1.29, 1.82) is 0 Å². The average molecular weight is 426 g/mol. The van der Waals surface area contributed by atoms with Crippen molar-refractivity contribution in [2.45, 2.75) is 64.0 Å². The molecule has 2 N–H and O–H groups in total. The van der Waals surface area contributed by atoms with Crippen LogP contribution in [0.25, 0.3) is 0 Å². The fourth-order valence-electron chi connectivity index (χ4n) is 4.66. The minimum Gasteiger partial charge on any atom is -0.351 e. The van der Waals surface area contributed by atoms with Gasteiger partial charge in [0.2, 0.25) is 5.91 Å². The number of carbonyl (C=O) groups excluding carboxylic acids is 1. The molecule has 2 fully saturated rings. The standard InChI is InChI=1S/C22H33Cl2N3O/c1-3-20(28)26-22(2)9-7-16(8-10-22)15-19(27-13-11-25-12-14-27)17-5-4-6-18(23)21(17)24/h4-6,16,19,25H,3,7-15H2,1-2H3,(H,26,28). The van der Waals surface area contributed by atoms with Gasteiger partial charge in [-0.25, -0.2) is 0 Å². The van der Waals surface area contributed by atoms with Crippen LogP contribution in [0.5, 0.6) is 0 Å². The van der Waals surface area contributed by atoms with E-state index in [0.29, 0.717) is 28.4 Å².